The van der Waals surface area contributed by atoms with Crippen LogP contribution >= 0.6 is 0 Å². The predicted molar refractivity (Wildman–Crippen MR) is 97.1 cm³/mol. The summed E-state index contributed by atoms with van der Waals surface area (Å²) in [7, 11) is 0. The van der Waals surface area contributed by atoms with Crippen molar-refractivity contribution >= 4 is 11.5 Å². The molecule has 0 saturated carbocycles. The van der Waals surface area contributed by atoms with E-state index in [1.54, 1.807) is 0 Å². The van der Waals surface area contributed by atoms with E-state index in [0.717, 1.165) is 32.4 Å². The van der Waals surface area contributed by atoms with Gasteiger partial charge in [0.15, 0.2) is 0 Å². The largest absolute Gasteiger partial charge is 0.383 e. The first-order valence-electron chi connectivity index (χ1n) is 8.65. The molecule has 0 fully saturated rings. The minimum Gasteiger partial charge on any atom is -0.383 e. The Morgan fingerprint density at radius 2 is 1.78 bits per heavy atom. The summed E-state index contributed by atoms with van der Waals surface area (Å²) in [4.78, 5) is 28.9. The molecule has 0 aromatic carbocycles. The van der Waals surface area contributed by atoms with E-state index >= 15 is 0 Å². The molecule has 1 aromatic rings. The van der Waals surface area contributed by atoms with Gasteiger partial charge in [0.2, 0.25) is 0 Å². The van der Waals surface area contributed by atoms with E-state index in [2.05, 4.69) is 25.8 Å². The number of anilines is 2. The summed E-state index contributed by atoms with van der Waals surface area (Å²) in [6, 6.07) is 0. The number of aromatic nitrogens is 2. The molecule has 0 spiro atoms. The maximum absolute atomic E-state index is 12.4. The molecule has 0 aliphatic heterocycles. The zero-order valence-corrected chi connectivity index (χ0v) is 15.2. The molecule has 3 N–H and O–H groups in total. The minimum atomic E-state index is -0.427. The lowest BCUT2D eigenvalue weighted by Gasteiger charge is -2.27. The Labute approximate surface area is 138 Å². The van der Waals surface area contributed by atoms with Gasteiger partial charge in [0.1, 0.15) is 11.5 Å². The Hall–Kier alpha value is -1.72. The smallest absolute Gasteiger partial charge is 0.330 e. The maximum atomic E-state index is 12.4. The molecule has 6 heteroatoms. The highest BCUT2D eigenvalue weighted by atomic mass is 16.2. The van der Waals surface area contributed by atoms with Gasteiger partial charge in [-0.15, -0.1) is 0 Å². The van der Waals surface area contributed by atoms with Crippen molar-refractivity contribution < 1.29 is 0 Å². The third kappa shape index (κ3) is 5.44. The highest BCUT2D eigenvalue weighted by Crippen LogP contribution is 2.19. The normalized spacial score (nSPS) is 11.4. The third-order valence-electron chi connectivity index (χ3n) is 3.84. The molecule has 1 rings (SSSR count). The third-order valence-corrected chi connectivity index (χ3v) is 3.84. The van der Waals surface area contributed by atoms with Gasteiger partial charge in [-0.1, -0.05) is 41.0 Å². The molecular formula is C17H32N4O2. The number of nitrogens with two attached hydrogens (primary N) is 1. The zero-order chi connectivity index (χ0) is 17.6. The van der Waals surface area contributed by atoms with Crippen LogP contribution in [0.4, 0.5) is 11.5 Å². The van der Waals surface area contributed by atoms with Gasteiger partial charge in [-0.2, -0.15) is 0 Å². The van der Waals surface area contributed by atoms with E-state index in [1.165, 1.54) is 4.57 Å². The quantitative estimate of drug-likeness (QED) is 0.730. The average molecular weight is 324 g/mol. The molecule has 0 saturated heterocycles. The van der Waals surface area contributed by atoms with Crippen molar-refractivity contribution in [3.63, 3.8) is 0 Å². The summed E-state index contributed by atoms with van der Waals surface area (Å²) < 4.78 is 1.48. The van der Waals surface area contributed by atoms with Gasteiger partial charge in [0, 0.05) is 19.6 Å². The van der Waals surface area contributed by atoms with E-state index < -0.39 is 5.69 Å². The van der Waals surface area contributed by atoms with Crippen LogP contribution in [0.25, 0.3) is 0 Å². The Balaban J connectivity index is 3.28. The number of nitrogen functional groups attached to an aromatic ring is 1. The lowest BCUT2D eigenvalue weighted by Crippen LogP contribution is -2.40. The number of hydrogen-bond acceptors (Lipinski definition) is 4. The predicted octanol–water partition coefficient (Wildman–Crippen LogP) is 2.43. The number of unbranched alkanes of at least 4 members (excludes halogenated alkanes) is 1. The molecule has 1 aromatic heterocycles. The summed E-state index contributed by atoms with van der Waals surface area (Å²) in [6.45, 7) is 12.5. The summed E-state index contributed by atoms with van der Waals surface area (Å²) in [6.07, 6.45) is 3.01. The molecule has 1 heterocycles. The minimum absolute atomic E-state index is 0.272. The van der Waals surface area contributed by atoms with Crippen LogP contribution < -0.4 is 21.9 Å². The van der Waals surface area contributed by atoms with Crippen LogP contribution in [0.15, 0.2) is 9.59 Å². The molecule has 23 heavy (non-hydrogen) atoms. The standard InChI is InChI=1S/C17H32N4O2/c1-6-7-9-20(10-8-12(2)3)14-15(18)21(11-13(4)5)17(23)19-16(14)22/h12-13H,6-11,18H2,1-5H3,(H,19,22,23). The van der Waals surface area contributed by atoms with Crippen molar-refractivity contribution in [3.8, 4) is 0 Å². The lowest BCUT2D eigenvalue weighted by molar-refractivity contribution is 0.505. The van der Waals surface area contributed by atoms with Crippen molar-refractivity contribution in [2.75, 3.05) is 23.7 Å². The Kier molecular flexibility index (Phi) is 7.39. The van der Waals surface area contributed by atoms with E-state index in [-0.39, 0.29) is 17.3 Å². The number of nitrogens with one attached hydrogen (secondary N) is 1. The van der Waals surface area contributed by atoms with Crippen LogP contribution in [0.2, 0.25) is 0 Å². The second-order valence-corrected chi connectivity index (χ2v) is 7.02. The van der Waals surface area contributed by atoms with Gasteiger partial charge in [0.25, 0.3) is 5.56 Å². The van der Waals surface area contributed by atoms with E-state index in [4.69, 9.17) is 5.73 Å². The van der Waals surface area contributed by atoms with Gasteiger partial charge >= 0.3 is 5.69 Å². The summed E-state index contributed by atoms with van der Waals surface area (Å²) in [5.74, 6) is 1.10. The molecule has 0 aliphatic rings. The highest BCUT2D eigenvalue weighted by Gasteiger charge is 2.19. The second-order valence-electron chi connectivity index (χ2n) is 7.02. The summed E-state index contributed by atoms with van der Waals surface area (Å²) in [5.41, 5.74) is 5.85. The van der Waals surface area contributed by atoms with E-state index in [9.17, 15) is 9.59 Å². The Bertz CT molecular complexity index is 602. The van der Waals surface area contributed by atoms with Crippen LogP contribution in [0.3, 0.4) is 0 Å². The molecule has 6 nitrogen and oxygen atoms in total. The molecule has 0 aliphatic carbocycles. The second kappa shape index (κ2) is 8.79. The number of aromatic amines is 1. The zero-order valence-electron chi connectivity index (χ0n) is 15.2. The van der Waals surface area contributed by atoms with Crippen molar-refractivity contribution in [1.82, 2.24) is 9.55 Å². The molecule has 0 radical (unpaired) electrons. The van der Waals surface area contributed by atoms with Crippen LogP contribution in [0.5, 0.6) is 0 Å². The number of hydrogen-bond donors (Lipinski definition) is 2. The monoisotopic (exact) mass is 324 g/mol. The molecule has 0 unspecified atom stereocenters. The van der Waals surface area contributed by atoms with Crippen LogP contribution in [0.1, 0.15) is 53.9 Å². The maximum Gasteiger partial charge on any atom is 0.330 e. The van der Waals surface area contributed by atoms with Crippen molar-refractivity contribution in [2.24, 2.45) is 11.8 Å². The fourth-order valence-corrected chi connectivity index (χ4v) is 2.53. The van der Waals surface area contributed by atoms with Gasteiger partial charge in [0.05, 0.1) is 0 Å². The van der Waals surface area contributed by atoms with E-state index in [0.29, 0.717) is 18.2 Å². The van der Waals surface area contributed by atoms with Crippen LogP contribution in [-0.4, -0.2) is 22.6 Å². The fourth-order valence-electron chi connectivity index (χ4n) is 2.53. The number of nitrogens with zero attached hydrogens (tertiary/aromatic N) is 2. The van der Waals surface area contributed by atoms with Gasteiger partial charge in [-0.25, -0.2) is 4.79 Å². The van der Waals surface area contributed by atoms with Gasteiger partial charge in [-0.3, -0.25) is 14.3 Å². The van der Waals surface area contributed by atoms with Gasteiger partial charge < -0.3 is 10.6 Å². The van der Waals surface area contributed by atoms with Crippen molar-refractivity contribution in [1.29, 1.82) is 0 Å². The molecule has 132 valence electrons. The van der Waals surface area contributed by atoms with E-state index in [1.807, 2.05) is 18.7 Å². The Morgan fingerprint density at radius 1 is 1.13 bits per heavy atom. The number of rotatable bonds is 9. The lowest BCUT2D eigenvalue weighted by atomic mass is 10.1. The first kappa shape index (κ1) is 19.3. The summed E-state index contributed by atoms with van der Waals surface area (Å²) in [5, 5.41) is 0. The molecule has 0 atom stereocenters. The van der Waals surface area contributed by atoms with Crippen LogP contribution in [-0.2, 0) is 6.54 Å². The fraction of sp³-hybridized carbons (Fsp3) is 0.765. The first-order valence-corrected chi connectivity index (χ1v) is 8.65. The molecule has 0 amide bonds. The SMILES string of the molecule is CCCCN(CCC(C)C)c1c(N)n(CC(C)C)c(=O)[nH]c1=O. The summed E-state index contributed by atoms with van der Waals surface area (Å²) >= 11 is 0. The highest BCUT2D eigenvalue weighted by molar-refractivity contribution is 5.62. The van der Waals surface area contributed by atoms with Crippen LogP contribution in [0, 0.1) is 11.8 Å². The first-order chi connectivity index (χ1) is 10.8. The van der Waals surface area contributed by atoms with Crippen molar-refractivity contribution in [2.45, 2.75) is 60.4 Å². The Morgan fingerprint density at radius 3 is 2.30 bits per heavy atom. The average Bonchev–Trinajstić information content (AvgIpc) is 2.45. The van der Waals surface area contributed by atoms with Crippen molar-refractivity contribution in [3.05, 3.63) is 20.8 Å². The topological polar surface area (TPSA) is 84.1 Å². The molecule has 0 bridgehead atoms. The number of H-pyrrole nitrogens is 1. The van der Waals surface area contributed by atoms with Gasteiger partial charge in [-0.05, 0) is 24.7 Å². The molecular weight excluding hydrogens is 292 g/mol.